The fourth-order valence-electron chi connectivity index (χ4n) is 4.84. The van der Waals surface area contributed by atoms with E-state index in [2.05, 4.69) is 22.8 Å². The molecule has 0 spiro atoms. The van der Waals surface area contributed by atoms with Crippen LogP contribution in [0.3, 0.4) is 0 Å². The molecule has 2 N–H and O–H groups in total. The lowest BCUT2D eigenvalue weighted by Gasteiger charge is -2.30. The minimum atomic E-state index is -0.396. The van der Waals surface area contributed by atoms with Crippen LogP contribution in [0.15, 0.2) is 78.0 Å². The third-order valence-corrected chi connectivity index (χ3v) is 6.71. The lowest BCUT2D eigenvalue weighted by Crippen LogP contribution is -2.27. The summed E-state index contributed by atoms with van der Waals surface area (Å²) >= 11 is 6.70. The molecular formula is C26H21ClN2O3. The van der Waals surface area contributed by atoms with Crippen molar-refractivity contribution in [3.63, 3.8) is 0 Å². The van der Waals surface area contributed by atoms with Crippen LogP contribution >= 0.6 is 11.6 Å². The van der Waals surface area contributed by atoms with Crippen LogP contribution in [0.2, 0.25) is 5.02 Å². The molecule has 0 aromatic heterocycles. The Hall–Kier alpha value is -3.44. The Morgan fingerprint density at radius 3 is 2.41 bits per heavy atom. The third-order valence-electron chi connectivity index (χ3n) is 6.38. The van der Waals surface area contributed by atoms with E-state index in [0.717, 1.165) is 34.6 Å². The van der Waals surface area contributed by atoms with Crippen molar-refractivity contribution in [1.29, 1.82) is 0 Å². The number of ether oxygens (including phenoxy) is 2. The van der Waals surface area contributed by atoms with Crippen LogP contribution in [0.1, 0.15) is 35.9 Å². The van der Waals surface area contributed by atoms with Gasteiger partial charge in [-0.15, -0.1) is 0 Å². The topological polar surface area (TPSA) is 59.6 Å². The van der Waals surface area contributed by atoms with Gasteiger partial charge in [-0.05, 0) is 36.1 Å². The van der Waals surface area contributed by atoms with Crippen LogP contribution in [0.25, 0.3) is 0 Å². The van der Waals surface area contributed by atoms with Gasteiger partial charge < -0.3 is 20.1 Å². The molecule has 0 saturated heterocycles. The molecule has 2 atom stereocenters. The average Bonchev–Trinajstić information content (AvgIpc) is 3.18. The minimum Gasteiger partial charge on any atom is -0.454 e. The molecule has 32 heavy (non-hydrogen) atoms. The van der Waals surface area contributed by atoms with Crippen LogP contribution in [0.4, 0.5) is 11.4 Å². The van der Waals surface area contributed by atoms with E-state index in [4.69, 9.17) is 21.1 Å². The first-order valence-electron chi connectivity index (χ1n) is 10.7. The van der Waals surface area contributed by atoms with Gasteiger partial charge in [-0.25, -0.2) is 0 Å². The number of allylic oxidation sites excluding steroid dienone is 1. The maximum absolute atomic E-state index is 13.6. The molecule has 3 aromatic carbocycles. The van der Waals surface area contributed by atoms with E-state index in [1.165, 1.54) is 5.56 Å². The van der Waals surface area contributed by atoms with Crippen molar-refractivity contribution in [3.05, 3.63) is 94.1 Å². The first-order valence-corrected chi connectivity index (χ1v) is 11.1. The van der Waals surface area contributed by atoms with E-state index in [1.807, 2.05) is 48.5 Å². The molecule has 6 rings (SSSR count). The molecule has 6 heteroatoms. The highest BCUT2D eigenvalue weighted by Gasteiger charge is 2.37. The molecule has 2 heterocycles. The molecule has 0 saturated carbocycles. The maximum atomic E-state index is 13.6. The predicted molar refractivity (Wildman–Crippen MR) is 124 cm³/mol. The number of fused-ring (bicyclic) bond motifs is 2. The second-order valence-electron chi connectivity index (χ2n) is 8.31. The quantitative estimate of drug-likeness (QED) is 0.504. The van der Waals surface area contributed by atoms with Crippen molar-refractivity contribution in [2.75, 3.05) is 17.4 Å². The molecule has 160 valence electrons. The van der Waals surface area contributed by atoms with Gasteiger partial charge in [0.25, 0.3) is 0 Å². The Morgan fingerprint density at radius 2 is 1.59 bits per heavy atom. The Bertz CT molecular complexity index is 1260. The van der Waals surface area contributed by atoms with E-state index in [-0.39, 0.29) is 18.5 Å². The molecular weight excluding hydrogens is 424 g/mol. The van der Waals surface area contributed by atoms with E-state index >= 15 is 0 Å². The zero-order valence-electron chi connectivity index (χ0n) is 17.2. The van der Waals surface area contributed by atoms with E-state index < -0.39 is 6.04 Å². The van der Waals surface area contributed by atoms with Gasteiger partial charge in [0.2, 0.25) is 6.79 Å². The molecule has 5 nitrogen and oxygen atoms in total. The standard InChI is InChI=1S/C26H21ClN2O3/c27-18-13-24-23(31-14-32-24)12-17(18)26-25-21(28-19-8-4-5-9-20(19)29-26)10-16(11-22(25)30)15-6-2-1-3-7-15/h1-9,12-13,16,26,28-29H,10-11,14H2. The molecule has 3 aliphatic rings. The van der Waals surface area contributed by atoms with Gasteiger partial charge in [0, 0.05) is 29.3 Å². The van der Waals surface area contributed by atoms with Crippen LogP contribution in [-0.2, 0) is 4.79 Å². The fraction of sp³-hybridized carbons (Fsp3) is 0.192. The number of anilines is 2. The van der Waals surface area contributed by atoms with Gasteiger partial charge in [0.05, 0.1) is 22.4 Å². The zero-order valence-corrected chi connectivity index (χ0v) is 18.0. The van der Waals surface area contributed by atoms with Crippen LogP contribution in [0.5, 0.6) is 11.5 Å². The molecule has 0 fully saturated rings. The van der Waals surface area contributed by atoms with Gasteiger partial charge in [0.15, 0.2) is 17.3 Å². The zero-order chi connectivity index (χ0) is 21.7. The number of halogens is 1. The number of carbonyl (C=O) groups excluding carboxylic acids is 1. The summed E-state index contributed by atoms with van der Waals surface area (Å²) < 4.78 is 11.1. The first kappa shape index (κ1) is 19.3. The monoisotopic (exact) mass is 444 g/mol. The number of benzene rings is 3. The normalized spacial score (nSPS) is 21.2. The number of carbonyl (C=O) groups is 1. The summed E-state index contributed by atoms with van der Waals surface area (Å²) in [6, 6.07) is 21.5. The number of para-hydroxylation sites is 2. The van der Waals surface area contributed by atoms with Crippen molar-refractivity contribution < 1.29 is 14.3 Å². The Labute approximate surface area is 191 Å². The summed E-state index contributed by atoms with van der Waals surface area (Å²) in [6.45, 7) is 0.170. The lowest BCUT2D eigenvalue weighted by molar-refractivity contribution is -0.116. The Morgan fingerprint density at radius 1 is 0.875 bits per heavy atom. The number of hydrogen-bond donors (Lipinski definition) is 2. The Balaban J connectivity index is 1.49. The highest BCUT2D eigenvalue weighted by atomic mass is 35.5. The minimum absolute atomic E-state index is 0.117. The maximum Gasteiger partial charge on any atom is 0.231 e. The molecule has 1 aliphatic carbocycles. The highest BCUT2D eigenvalue weighted by molar-refractivity contribution is 6.31. The molecule has 3 aromatic rings. The number of ketones is 1. The number of rotatable bonds is 2. The molecule has 0 amide bonds. The van der Waals surface area contributed by atoms with Gasteiger partial charge in [-0.3, -0.25) is 4.79 Å². The van der Waals surface area contributed by atoms with Crippen LogP contribution in [-0.4, -0.2) is 12.6 Å². The largest absolute Gasteiger partial charge is 0.454 e. The smallest absolute Gasteiger partial charge is 0.231 e. The first-order chi connectivity index (χ1) is 15.7. The summed E-state index contributed by atoms with van der Waals surface area (Å²) in [5, 5.41) is 7.67. The fourth-order valence-corrected chi connectivity index (χ4v) is 5.10. The molecule has 2 unspecified atom stereocenters. The van der Waals surface area contributed by atoms with E-state index in [1.54, 1.807) is 6.07 Å². The number of nitrogens with one attached hydrogen (secondary N) is 2. The summed E-state index contributed by atoms with van der Waals surface area (Å²) in [5.41, 5.74) is 5.51. The van der Waals surface area contributed by atoms with E-state index in [0.29, 0.717) is 22.9 Å². The lowest BCUT2D eigenvalue weighted by atomic mass is 9.78. The molecule has 2 aliphatic heterocycles. The average molecular weight is 445 g/mol. The van der Waals surface area contributed by atoms with Gasteiger partial charge in [-0.2, -0.15) is 0 Å². The van der Waals surface area contributed by atoms with Crippen LogP contribution in [0, 0.1) is 0 Å². The highest BCUT2D eigenvalue weighted by Crippen LogP contribution is 2.47. The SMILES string of the molecule is O=C1CC(c2ccccc2)CC2=C1C(c1cc3c(cc1Cl)OCO3)Nc1ccccc1N2. The van der Waals surface area contributed by atoms with Crippen molar-refractivity contribution in [3.8, 4) is 11.5 Å². The predicted octanol–water partition coefficient (Wildman–Crippen LogP) is 6.05. The van der Waals surface area contributed by atoms with Crippen molar-refractivity contribution in [1.82, 2.24) is 0 Å². The van der Waals surface area contributed by atoms with Gasteiger partial charge in [-0.1, -0.05) is 54.1 Å². The summed E-state index contributed by atoms with van der Waals surface area (Å²) in [5.74, 6) is 1.52. The van der Waals surface area contributed by atoms with Crippen molar-refractivity contribution in [2.45, 2.75) is 24.8 Å². The van der Waals surface area contributed by atoms with Gasteiger partial charge >= 0.3 is 0 Å². The van der Waals surface area contributed by atoms with Crippen LogP contribution < -0.4 is 20.1 Å². The number of Topliss-reactive ketones (excluding diaryl/α,β-unsaturated/α-hetero) is 1. The molecule has 0 radical (unpaired) electrons. The number of hydrogen-bond acceptors (Lipinski definition) is 5. The summed E-state index contributed by atoms with van der Waals surface area (Å²) in [4.78, 5) is 13.6. The van der Waals surface area contributed by atoms with Crippen molar-refractivity contribution in [2.24, 2.45) is 0 Å². The summed E-state index contributed by atoms with van der Waals surface area (Å²) in [6.07, 6.45) is 1.21. The Kier molecular flexibility index (Phi) is 4.58. The van der Waals surface area contributed by atoms with Gasteiger partial charge in [0.1, 0.15) is 0 Å². The summed E-state index contributed by atoms with van der Waals surface area (Å²) in [7, 11) is 0. The second kappa shape index (κ2) is 7.61. The second-order valence-corrected chi connectivity index (χ2v) is 8.71. The van der Waals surface area contributed by atoms with E-state index in [9.17, 15) is 4.79 Å². The van der Waals surface area contributed by atoms with Crippen molar-refractivity contribution >= 4 is 28.8 Å². The molecule has 0 bridgehead atoms. The third kappa shape index (κ3) is 3.21.